The van der Waals surface area contributed by atoms with E-state index in [0.717, 1.165) is 5.56 Å². The van der Waals surface area contributed by atoms with Gasteiger partial charge in [0.15, 0.2) is 18.1 Å². The number of rotatable bonds is 10. The maximum atomic E-state index is 12.6. The zero-order valence-electron chi connectivity index (χ0n) is 18.5. The molecule has 2 aromatic rings. The number of benzene rings is 2. The van der Waals surface area contributed by atoms with Crippen LogP contribution in [0.15, 0.2) is 41.5 Å². The van der Waals surface area contributed by atoms with Crippen molar-refractivity contribution < 1.29 is 24.2 Å². The average Bonchev–Trinajstić information content (AvgIpc) is 2.74. The van der Waals surface area contributed by atoms with E-state index in [2.05, 4.69) is 15.8 Å². The fourth-order valence-corrected chi connectivity index (χ4v) is 3.00. The van der Waals surface area contributed by atoms with E-state index >= 15 is 0 Å². The molecule has 0 heterocycles. The lowest BCUT2D eigenvalue weighted by molar-refractivity contribution is -0.131. The number of aryl methyl sites for hydroxylation is 1. The Morgan fingerprint density at radius 3 is 2.56 bits per heavy atom. The van der Waals surface area contributed by atoms with Gasteiger partial charge in [-0.25, -0.2) is 5.43 Å². The van der Waals surface area contributed by atoms with E-state index in [9.17, 15) is 14.7 Å². The highest BCUT2D eigenvalue weighted by atomic mass is 35.5. The minimum absolute atomic E-state index is 0.102. The van der Waals surface area contributed by atoms with E-state index < -0.39 is 17.9 Å². The van der Waals surface area contributed by atoms with Crippen LogP contribution in [0.25, 0.3) is 0 Å². The number of ether oxygens (including phenoxy) is 2. The summed E-state index contributed by atoms with van der Waals surface area (Å²) >= 11 is 5.99. The number of nitrogens with one attached hydrogen (secondary N) is 2. The molecule has 9 heteroatoms. The second-order valence-corrected chi connectivity index (χ2v) is 7.77. The van der Waals surface area contributed by atoms with Gasteiger partial charge in [-0.1, -0.05) is 43.6 Å². The van der Waals surface area contributed by atoms with Crippen LogP contribution in [0.1, 0.15) is 31.9 Å². The third-order valence-corrected chi connectivity index (χ3v) is 4.75. The lowest BCUT2D eigenvalue weighted by Crippen LogP contribution is -2.49. The van der Waals surface area contributed by atoms with Crippen LogP contribution in [0.4, 0.5) is 0 Å². The minimum Gasteiger partial charge on any atom is -0.503 e. The molecule has 0 bridgehead atoms. The zero-order chi connectivity index (χ0) is 23.7. The van der Waals surface area contributed by atoms with Crippen molar-refractivity contribution in [2.75, 3.05) is 13.2 Å². The highest BCUT2D eigenvalue weighted by molar-refractivity contribution is 6.32. The van der Waals surface area contributed by atoms with Gasteiger partial charge in [0.05, 0.1) is 17.8 Å². The van der Waals surface area contributed by atoms with Crippen molar-refractivity contribution in [2.24, 2.45) is 11.0 Å². The molecule has 0 saturated carbocycles. The largest absolute Gasteiger partial charge is 0.503 e. The van der Waals surface area contributed by atoms with E-state index in [0.29, 0.717) is 17.9 Å². The number of para-hydroxylation sites is 1. The van der Waals surface area contributed by atoms with E-state index in [1.54, 1.807) is 19.1 Å². The van der Waals surface area contributed by atoms with E-state index in [4.69, 9.17) is 21.1 Å². The van der Waals surface area contributed by atoms with Crippen LogP contribution in [0.3, 0.4) is 0 Å². The Balaban J connectivity index is 1.97. The second kappa shape index (κ2) is 12.0. The average molecular weight is 462 g/mol. The van der Waals surface area contributed by atoms with Gasteiger partial charge in [0.1, 0.15) is 11.8 Å². The Bertz CT molecular complexity index is 978. The van der Waals surface area contributed by atoms with Gasteiger partial charge >= 0.3 is 0 Å². The molecule has 3 N–H and O–H groups in total. The molecule has 1 atom stereocenters. The maximum absolute atomic E-state index is 12.6. The maximum Gasteiger partial charge on any atom is 0.262 e. The first-order valence-electron chi connectivity index (χ1n) is 10.2. The summed E-state index contributed by atoms with van der Waals surface area (Å²) in [7, 11) is 0. The lowest BCUT2D eigenvalue weighted by atomic mass is 10.0. The summed E-state index contributed by atoms with van der Waals surface area (Å²) in [5.74, 6) is -0.413. The minimum atomic E-state index is -0.803. The van der Waals surface area contributed by atoms with Gasteiger partial charge in [-0.3, -0.25) is 9.59 Å². The van der Waals surface area contributed by atoms with Gasteiger partial charge in [0.25, 0.3) is 11.8 Å². The van der Waals surface area contributed by atoms with Crippen LogP contribution in [0.5, 0.6) is 17.2 Å². The summed E-state index contributed by atoms with van der Waals surface area (Å²) in [6, 6.07) is 9.59. The predicted molar refractivity (Wildman–Crippen MR) is 123 cm³/mol. The van der Waals surface area contributed by atoms with E-state index in [-0.39, 0.29) is 29.0 Å². The number of hydrogen-bond donors (Lipinski definition) is 3. The number of amides is 2. The molecule has 2 rings (SSSR count). The fraction of sp³-hybridized carbons (Fsp3) is 0.348. The van der Waals surface area contributed by atoms with Crippen LogP contribution >= 0.6 is 11.6 Å². The smallest absolute Gasteiger partial charge is 0.262 e. The summed E-state index contributed by atoms with van der Waals surface area (Å²) in [5.41, 5.74) is 3.85. The van der Waals surface area contributed by atoms with Crippen LogP contribution in [0.2, 0.25) is 5.02 Å². The van der Waals surface area contributed by atoms with Gasteiger partial charge in [-0.15, -0.1) is 0 Å². The summed E-state index contributed by atoms with van der Waals surface area (Å²) in [6.07, 6.45) is 1.37. The number of nitrogens with zero attached hydrogens (tertiary/aromatic N) is 1. The predicted octanol–water partition coefficient (Wildman–Crippen LogP) is 3.42. The highest BCUT2D eigenvalue weighted by Crippen LogP contribution is 2.34. The molecule has 0 aliphatic heterocycles. The Morgan fingerprint density at radius 2 is 1.91 bits per heavy atom. The highest BCUT2D eigenvalue weighted by Gasteiger charge is 2.24. The van der Waals surface area contributed by atoms with Crippen molar-refractivity contribution >= 4 is 29.6 Å². The van der Waals surface area contributed by atoms with Crippen molar-refractivity contribution in [1.82, 2.24) is 10.7 Å². The molecule has 0 saturated heterocycles. The molecular weight excluding hydrogens is 434 g/mol. The number of halogens is 1. The SMILES string of the molecule is CCOc1cc(/C=N\NC(=O)[C@H](NC(=O)COc2ccccc2C)C(C)C)cc(Cl)c1O. The van der Waals surface area contributed by atoms with Gasteiger partial charge in [-0.05, 0) is 49.1 Å². The van der Waals surface area contributed by atoms with Crippen molar-refractivity contribution in [3.05, 3.63) is 52.5 Å². The molecule has 2 amide bonds. The number of hydrogen-bond acceptors (Lipinski definition) is 6. The number of phenols is 1. The van der Waals surface area contributed by atoms with Crippen LogP contribution in [0, 0.1) is 12.8 Å². The Hall–Kier alpha value is -3.26. The lowest BCUT2D eigenvalue weighted by Gasteiger charge is -2.20. The number of aromatic hydroxyl groups is 1. The molecule has 0 spiro atoms. The van der Waals surface area contributed by atoms with Crippen molar-refractivity contribution in [1.29, 1.82) is 0 Å². The molecule has 172 valence electrons. The van der Waals surface area contributed by atoms with E-state index in [1.807, 2.05) is 39.0 Å². The summed E-state index contributed by atoms with van der Waals surface area (Å²) in [5, 5.41) is 16.6. The Kier molecular flexibility index (Phi) is 9.34. The van der Waals surface area contributed by atoms with E-state index in [1.165, 1.54) is 12.3 Å². The summed E-state index contributed by atoms with van der Waals surface area (Å²) in [6.45, 7) is 7.42. The molecule has 0 radical (unpaired) electrons. The standard InChI is InChI=1S/C23H28ClN3O5/c1-5-31-19-11-16(10-17(24)22(19)29)12-25-27-23(30)21(14(2)3)26-20(28)13-32-18-9-7-6-8-15(18)4/h6-12,14,21,29H,5,13H2,1-4H3,(H,26,28)(H,27,30)/b25-12-/t21-/m1/s1. The molecule has 0 aromatic heterocycles. The number of carbonyl (C=O) groups is 2. The summed E-state index contributed by atoms with van der Waals surface area (Å²) < 4.78 is 10.9. The van der Waals surface area contributed by atoms with Gasteiger partial charge in [-0.2, -0.15) is 5.10 Å². The normalized spacial score (nSPS) is 11.9. The Labute approximate surface area is 192 Å². The molecule has 0 fully saturated rings. The molecular formula is C23H28ClN3O5. The molecule has 0 aliphatic rings. The van der Waals surface area contributed by atoms with Crippen LogP contribution in [-0.4, -0.2) is 42.4 Å². The third kappa shape index (κ3) is 7.16. The van der Waals surface area contributed by atoms with Crippen LogP contribution in [-0.2, 0) is 9.59 Å². The quantitative estimate of drug-likeness (QED) is 0.371. The zero-order valence-corrected chi connectivity index (χ0v) is 19.3. The van der Waals surface area contributed by atoms with Crippen molar-refractivity contribution in [3.8, 4) is 17.2 Å². The van der Waals surface area contributed by atoms with Crippen LogP contribution < -0.4 is 20.2 Å². The fourth-order valence-electron chi connectivity index (χ4n) is 2.79. The first kappa shape index (κ1) is 25.0. The topological polar surface area (TPSA) is 109 Å². The molecule has 2 aromatic carbocycles. The first-order valence-corrected chi connectivity index (χ1v) is 10.6. The first-order chi connectivity index (χ1) is 15.2. The number of carbonyl (C=O) groups excluding carboxylic acids is 2. The summed E-state index contributed by atoms with van der Waals surface area (Å²) in [4.78, 5) is 24.9. The molecule has 32 heavy (non-hydrogen) atoms. The van der Waals surface area contributed by atoms with Gasteiger partial charge in [0, 0.05) is 0 Å². The Morgan fingerprint density at radius 1 is 1.19 bits per heavy atom. The third-order valence-electron chi connectivity index (χ3n) is 4.46. The monoisotopic (exact) mass is 461 g/mol. The molecule has 8 nitrogen and oxygen atoms in total. The molecule has 0 aliphatic carbocycles. The number of phenolic OH excluding ortho intramolecular Hbond substituents is 1. The van der Waals surface area contributed by atoms with Gasteiger partial charge < -0.3 is 19.9 Å². The van der Waals surface area contributed by atoms with Crippen molar-refractivity contribution in [3.63, 3.8) is 0 Å². The second-order valence-electron chi connectivity index (χ2n) is 7.36. The van der Waals surface area contributed by atoms with Crippen molar-refractivity contribution in [2.45, 2.75) is 33.7 Å². The number of hydrazone groups is 1. The molecule has 0 unspecified atom stereocenters. The van der Waals surface area contributed by atoms with Gasteiger partial charge in [0.2, 0.25) is 0 Å².